The van der Waals surface area contributed by atoms with E-state index in [1.165, 1.54) is 18.2 Å². The average Bonchev–Trinajstić information content (AvgIpc) is 2.57. The number of anilines is 1. The van der Waals surface area contributed by atoms with Crippen molar-refractivity contribution in [3.63, 3.8) is 0 Å². The number of carbonyl (C=O) groups excluding carboxylic acids is 2. The number of nitrogens with two attached hydrogens (primary N) is 1. The highest BCUT2D eigenvalue weighted by Gasteiger charge is 2.29. The van der Waals surface area contributed by atoms with Gasteiger partial charge in [0, 0.05) is 37.2 Å². The molecule has 1 aliphatic heterocycles. The predicted octanol–water partition coefficient (Wildman–Crippen LogP) is 2.25. The van der Waals surface area contributed by atoms with Crippen LogP contribution < -0.4 is 11.1 Å². The van der Waals surface area contributed by atoms with Crippen molar-refractivity contribution in [3.05, 3.63) is 29.0 Å². The minimum Gasteiger partial charge on any atom is -0.342 e. The summed E-state index contributed by atoms with van der Waals surface area (Å²) in [6.07, 6.45) is 1.20. The fourth-order valence-corrected chi connectivity index (χ4v) is 2.77. The van der Waals surface area contributed by atoms with E-state index in [2.05, 4.69) is 5.32 Å². The number of likely N-dealkylation sites (tertiary alicyclic amines) is 1. The van der Waals surface area contributed by atoms with Crippen LogP contribution in [0, 0.1) is 17.7 Å². The number of halogens is 2. The Hall–Kier alpha value is -1.66. The molecule has 126 valence electrons. The van der Waals surface area contributed by atoms with Crippen LogP contribution in [-0.2, 0) is 9.59 Å². The van der Waals surface area contributed by atoms with E-state index in [1.807, 2.05) is 0 Å². The Morgan fingerprint density at radius 3 is 2.65 bits per heavy atom. The Bertz CT molecular complexity index is 589. The Morgan fingerprint density at radius 2 is 2.09 bits per heavy atom. The molecule has 2 rings (SSSR count). The van der Waals surface area contributed by atoms with E-state index in [0.29, 0.717) is 38.2 Å². The molecule has 1 fully saturated rings. The van der Waals surface area contributed by atoms with Crippen molar-refractivity contribution in [1.29, 1.82) is 0 Å². The van der Waals surface area contributed by atoms with Crippen molar-refractivity contribution in [2.24, 2.45) is 17.6 Å². The molecule has 0 bridgehead atoms. The predicted molar refractivity (Wildman–Crippen MR) is 87.6 cm³/mol. The van der Waals surface area contributed by atoms with Gasteiger partial charge in [-0.1, -0.05) is 18.5 Å². The van der Waals surface area contributed by atoms with Gasteiger partial charge in [0.1, 0.15) is 5.82 Å². The Kier molecular flexibility index (Phi) is 5.96. The van der Waals surface area contributed by atoms with Crippen molar-refractivity contribution < 1.29 is 14.0 Å². The first-order chi connectivity index (χ1) is 10.9. The van der Waals surface area contributed by atoms with Crippen LogP contribution in [0.25, 0.3) is 0 Å². The minimum atomic E-state index is -0.523. The Balaban J connectivity index is 1.88. The lowest BCUT2D eigenvalue weighted by molar-refractivity contribution is -0.137. The van der Waals surface area contributed by atoms with Crippen LogP contribution in [0.1, 0.15) is 19.8 Å². The van der Waals surface area contributed by atoms with Crippen LogP contribution in [0.3, 0.4) is 0 Å². The van der Waals surface area contributed by atoms with E-state index >= 15 is 0 Å². The molecule has 5 nitrogen and oxygen atoms in total. The summed E-state index contributed by atoms with van der Waals surface area (Å²) in [6, 6.07) is 4.07. The third-order valence-electron chi connectivity index (χ3n) is 4.14. The second kappa shape index (κ2) is 7.75. The van der Waals surface area contributed by atoms with Gasteiger partial charge < -0.3 is 16.0 Å². The zero-order valence-corrected chi connectivity index (χ0v) is 13.8. The van der Waals surface area contributed by atoms with Crippen LogP contribution in [0.4, 0.5) is 10.1 Å². The first kappa shape index (κ1) is 17.7. The van der Waals surface area contributed by atoms with Gasteiger partial charge in [-0.15, -0.1) is 0 Å². The molecular formula is C16H21ClFN3O2. The zero-order valence-electron chi connectivity index (χ0n) is 13.0. The number of nitrogens with one attached hydrogen (secondary N) is 1. The largest absolute Gasteiger partial charge is 0.342 e. The maximum absolute atomic E-state index is 13.1. The van der Waals surface area contributed by atoms with E-state index in [9.17, 15) is 14.0 Å². The monoisotopic (exact) mass is 341 g/mol. The molecule has 0 radical (unpaired) electrons. The Morgan fingerprint density at radius 1 is 1.43 bits per heavy atom. The second-order valence-electron chi connectivity index (χ2n) is 5.85. The van der Waals surface area contributed by atoms with Crippen molar-refractivity contribution in [1.82, 2.24) is 4.90 Å². The van der Waals surface area contributed by atoms with Crippen LogP contribution in [0.2, 0.25) is 5.02 Å². The molecule has 1 unspecified atom stereocenters. The lowest BCUT2D eigenvalue weighted by Crippen LogP contribution is -2.44. The number of amides is 2. The molecule has 1 atom stereocenters. The van der Waals surface area contributed by atoms with Gasteiger partial charge in [0.25, 0.3) is 0 Å². The van der Waals surface area contributed by atoms with E-state index in [0.717, 1.165) is 0 Å². The Labute approximate surface area is 140 Å². The molecule has 0 aliphatic carbocycles. The van der Waals surface area contributed by atoms with Crippen LogP contribution in [0.5, 0.6) is 0 Å². The summed E-state index contributed by atoms with van der Waals surface area (Å²) in [6.45, 7) is 3.22. The smallest absolute Gasteiger partial charge is 0.227 e. The summed E-state index contributed by atoms with van der Waals surface area (Å²) in [5.74, 6) is -0.980. The topological polar surface area (TPSA) is 75.4 Å². The maximum Gasteiger partial charge on any atom is 0.227 e. The standard InChI is InChI=1S/C16H21ClFN3O2/c1-10(9-19)16(23)21-6-4-11(5-7-21)15(22)20-12-2-3-14(18)13(17)8-12/h2-3,8,10-11H,4-7,9,19H2,1H3,(H,20,22). The molecule has 1 aliphatic rings. The van der Waals surface area contributed by atoms with Gasteiger partial charge in [0.15, 0.2) is 0 Å². The summed E-state index contributed by atoms with van der Waals surface area (Å²) < 4.78 is 13.1. The number of benzene rings is 1. The fraction of sp³-hybridized carbons (Fsp3) is 0.500. The van der Waals surface area contributed by atoms with E-state index < -0.39 is 5.82 Å². The van der Waals surface area contributed by atoms with Crippen molar-refractivity contribution in [2.45, 2.75) is 19.8 Å². The summed E-state index contributed by atoms with van der Waals surface area (Å²) in [5, 5.41) is 2.72. The zero-order chi connectivity index (χ0) is 17.0. The molecule has 3 N–H and O–H groups in total. The molecule has 23 heavy (non-hydrogen) atoms. The van der Waals surface area contributed by atoms with Gasteiger partial charge in [-0.25, -0.2) is 4.39 Å². The van der Waals surface area contributed by atoms with Crippen molar-refractivity contribution >= 4 is 29.1 Å². The lowest BCUT2D eigenvalue weighted by Gasteiger charge is -2.32. The van der Waals surface area contributed by atoms with Gasteiger partial charge in [-0.05, 0) is 31.0 Å². The number of piperidine rings is 1. The SMILES string of the molecule is CC(CN)C(=O)N1CCC(C(=O)Nc2ccc(F)c(Cl)c2)CC1. The number of rotatable bonds is 4. The van der Waals surface area contributed by atoms with Gasteiger partial charge in [0.2, 0.25) is 11.8 Å². The molecule has 0 saturated carbocycles. The van der Waals surface area contributed by atoms with Gasteiger partial charge in [0.05, 0.1) is 5.02 Å². The minimum absolute atomic E-state index is 0.0287. The van der Waals surface area contributed by atoms with Crippen LogP contribution in [-0.4, -0.2) is 36.3 Å². The molecule has 1 aromatic carbocycles. The number of hydrogen-bond donors (Lipinski definition) is 2. The first-order valence-electron chi connectivity index (χ1n) is 7.67. The lowest BCUT2D eigenvalue weighted by atomic mass is 9.95. The molecule has 2 amide bonds. The van der Waals surface area contributed by atoms with E-state index in [-0.39, 0.29) is 28.7 Å². The summed E-state index contributed by atoms with van der Waals surface area (Å²) in [5.41, 5.74) is 5.98. The van der Waals surface area contributed by atoms with Gasteiger partial charge >= 0.3 is 0 Å². The normalized spacial score (nSPS) is 17.0. The first-order valence-corrected chi connectivity index (χ1v) is 8.05. The fourth-order valence-electron chi connectivity index (χ4n) is 2.59. The third-order valence-corrected chi connectivity index (χ3v) is 4.43. The summed E-state index contributed by atoms with van der Waals surface area (Å²) in [4.78, 5) is 26.1. The van der Waals surface area contributed by atoms with Gasteiger partial charge in [-0.3, -0.25) is 9.59 Å². The highest BCUT2D eigenvalue weighted by Crippen LogP contribution is 2.23. The molecule has 0 spiro atoms. The summed E-state index contributed by atoms with van der Waals surface area (Å²) >= 11 is 5.70. The van der Waals surface area contributed by atoms with Gasteiger partial charge in [-0.2, -0.15) is 0 Å². The summed E-state index contributed by atoms with van der Waals surface area (Å²) in [7, 11) is 0. The molecule has 0 aromatic heterocycles. The third kappa shape index (κ3) is 4.42. The van der Waals surface area contributed by atoms with Crippen molar-refractivity contribution in [2.75, 3.05) is 25.0 Å². The average molecular weight is 342 g/mol. The molecular weight excluding hydrogens is 321 g/mol. The highest BCUT2D eigenvalue weighted by atomic mass is 35.5. The number of nitrogens with zero attached hydrogens (tertiary/aromatic N) is 1. The van der Waals surface area contributed by atoms with Crippen LogP contribution >= 0.6 is 11.6 Å². The molecule has 1 aromatic rings. The highest BCUT2D eigenvalue weighted by molar-refractivity contribution is 6.31. The van der Waals surface area contributed by atoms with E-state index in [4.69, 9.17) is 17.3 Å². The molecule has 1 saturated heterocycles. The van der Waals surface area contributed by atoms with E-state index in [1.54, 1.807) is 11.8 Å². The van der Waals surface area contributed by atoms with Crippen molar-refractivity contribution in [3.8, 4) is 0 Å². The number of carbonyl (C=O) groups is 2. The number of hydrogen-bond acceptors (Lipinski definition) is 3. The molecule has 7 heteroatoms. The molecule has 1 heterocycles. The quantitative estimate of drug-likeness (QED) is 0.882. The maximum atomic E-state index is 13.1. The van der Waals surface area contributed by atoms with Crippen LogP contribution in [0.15, 0.2) is 18.2 Å². The second-order valence-corrected chi connectivity index (χ2v) is 6.26.